The highest BCUT2D eigenvalue weighted by Crippen LogP contribution is 2.16. The molecule has 1 unspecified atom stereocenters. The summed E-state index contributed by atoms with van der Waals surface area (Å²) in [6.45, 7) is 8.48. The van der Waals surface area contributed by atoms with Gasteiger partial charge < -0.3 is 5.11 Å². The third-order valence-corrected chi connectivity index (χ3v) is 2.86. The molecule has 1 nitrogen and oxygen atoms in total. The smallest absolute Gasteiger partial charge is 0.0603 e. The maximum Gasteiger partial charge on any atom is 0.0603 e. The average molecular weight is 206 g/mol. The Bertz CT molecular complexity index is 285. The molecule has 0 radical (unpaired) electrons. The molecule has 0 saturated heterocycles. The SMILES string of the molecule is CC(C)c1ccc(CC(O)C(C)C)cc1. The minimum Gasteiger partial charge on any atom is -0.393 e. The van der Waals surface area contributed by atoms with Gasteiger partial charge in [-0.05, 0) is 29.4 Å². The van der Waals surface area contributed by atoms with Gasteiger partial charge >= 0.3 is 0 Å². The van der Waals surface area contributed by atoms with E-state index in [9.17, 15) is 5.11 Å². The molecule has 1 rings (SSSR count). The zero-order valence-corrected chi connectivity index (χ0v) is 10.2. The Balaban J connectivity index is 2.64. The van der Waals surface area contributed by atoms with Crippen molar-refractivity contribution < 1.29 is 5.11 Å². The van der Waals surface area contributed by atoms with Gasteiger partial charge in [-0.15, -0.1) is 0 Å². The fourth-order valence-corrected chi connectivity index (χ4v) is 1.52. The standard InChI is InChI=1S/C14H22O/c1-10(2)13-7-5-12(6-8-13)9-14(15)11(3)4/h5-8,10-11,14-15H,9H2,1-4H3. The molecule has 15 heavy (non-hydrogen) atoms. The van der Waals surface area contributed by atoms with Crippen molar-refractivity contribution in [2.75, 3.05) is 0 Å². The van der Waals surface area contributed by atoms with Gasteiger partial charge in [-0.25, -0.2) is 0 Å². The second-order valence-electron chi connectivity index (χ2n) is 4.91. The number of aliphatic hydroxyl groups is 1. The monoisotopic (exact) mass is 206 g/mol. The summed E-state index contributed by atoms with van der Waals surface area (Å²) in [5.41, 5.74) is 2.58. The molecule has 84 valence electrons. The summed E-state index contributed by atoms with van der Waals surface area (Å²) in [5, 5.41) is 9.76. The molecule has 0 fully saturated rings. The lowest BCUT2D eigenvalue weighted by Crippen LogP contribution is -2.17. The predicted molar refractivity (Wildman–Crippen MR) is 65.1 cm³/mol. The Kier molecular flexibility index (Phi) is 4.34. The molecule has 1 heteroatoms. The third kappa shape index (κ3) is 3.67. The maximum absolute atomic E-state index is 9.76. The van der Waals surface area contributed by atoms with Crippen LogP contribution in [0.5, 0.6) is 0 Å². The van der Waals surface area contributed by atoms with Crippen molar-refractivity contribution in [1.29, 1.82) is 0 Å². The van der Waals surface area contributed by atoms with E-state index in [-0.39, 0.29) is 6.10 Å². The highest BCUT2D eigenvalue weighted by atomic mass is 16.3. The second kappa shape index (κ2) is 5.32. The zero-order chi connectivity index (χ0) is 11.4. The number of hydrogen-bond donors (Lipinski definition) is 1. The minimum absolute atomic E-state index is 0.227. The fraction of sp³-hybridized carbons (Fsp3) is 0.571. The molecule has 0 saturated carbocycles. The van der Waals surface area contributed by atoms with Crippen LogP contribution in [0, 0.1) is 5.92 Å². The quantitative estimate of drug-likeness (QED) is 0.800. The first-order chi connectivity index (χ1) is 7.00. The summed E-state index contributed by atoms with van der Waals surface area (Å²) in [6, 6.07) is 8.57. The van der Waals surface area contributed by atoms with Gasteiger partial charge in [0.25, 0.3) is 0 Å². The number of rotatable bonds is 4. The van der Waals surface area contributed by atoms with Crippen LogP contribution < -0.4 is 0 Å². The van der Waals surface area contributed by atoms with Crippen LogP contribution in [0.2, 0.25) is 0 Å². The van der Waals surface area contributed by atoms with Gasteiger partial charge in [0.1, 0.15) is 0 Å². The Hall–Kier alpha value is -0.820. The van der Waals surface area contributed by atoms with Gasteiger partial charge in [0.05, 0.1) is 6.10 Å². The van der Waals surface area contributed by atoms with E-state index < -0.39 is 0 Å². The predicted octanol–water partition coefficient (Wildman–Crippen LogP) is 3.37. The van der Waals surface area contributed by atoms with Gasteiger partial charge in [0.15, 0.2) is 0 Å². The first kappa shape index (κ1) is 12.3. The summed E-state index contributed by atoms with van der Waals surface area (Å²) in [4.78, 5) is 0. The Morgan fingerprint density at radius 2 is 1.53 bits per heavy atom. The molecule has 1 aromatic rings. The summed E-state index contributed by atoms with van der Waals surface area (Å²) in [5.74, 6) is 0.906. The zero-order valence-electron chi connectivity index (χ0n) is 10.2. The lowest BCUT2D eigenvalue weighted by Gasteiger charge is -2.14. The molecule has 0 aromatic heterocycles. The molecule has 0 aliphatic rings. The molecule has 1 atom stereocenters. The first-order valence-corrected chi connectivity index (χ1v) is 5.77. The van der Waals surface area contributed by atoms with Crippen molar-refractivity contribution in [3.05, 3.63) is 35.4 Å². The second-order valence-corrected chi connectivity index (χ2v) is 4.91. The average Bonchev–Trinajstić information content (AvgIpc) is 2.18. The molecule has 0 amide bonds. The van der Waals surface area contributed by atoms with Crippen LogP contribution in [-0.2, 0) is 6.42 Å². The molecule has 0 bridgehead atoms. The summed E-state index contributed by atoms with van der Waals surface area (Å²) < 4.78 is 0. The van der Waals surface area contributed by atoms with E-state index in [1.807, 2.05) is 13.8 Å². The van der Waals surface area contributed by atoms with Gasteiger partial charge in [-0.1, -0.05) is 52.0 Å². The van der Waals surface area contributed by atoms with Crippen LogP contribution in [0.25, 0.3) is 0 Å². The minimum atomic E-state index is -0.227. The lowest BCUT2D eigenvalue weighted by atomic mass is 9.96. The van der Waals surface area contributed by atoms with Crippen LogP contribution in [0.15, 0.2) is 24.3 Å². The highest BCUT2D eigenvalue weighted by molar-refractivity contribution is 5.25. The molecule has 0 heterocycles. The molecule has 1 aromatic carbocycles. The van der Waals surface area contributed by atoms with Crippen molar-refractivity contribution in [2.45, 2.75) is 46.1 Å². The highest BCUT2D eigenvalue weighted by Gasteiger charge is 2.09. The van der Waals surface area contributed by atoms with E-state index in [1.54, 1.807) is 0 Å². The van der Waals surface area contributed by atoms with E-state index in [0.717, 1.165) is 6.42 Å². The van der Waals surface area contributed by atoms with Crippen LogP contribution in [-0.4, -0.2) is 11.2 Å². The molecule has 0 aliphatic carbocycles. The van der Waals surface area contributed by atoms with Gasteiger partial charge in [-0.2, -0.15) is 0 Å². The molecule has 0 spiro atoms. The van der Waals surface area contributed by atoms with Crippen molar-refractivity contribution >= 4 is 0 Å². The molecule has 0 aliphatic heterocycles. The van der Waals surface area contributed by atoms with Crippen molar-refractivity contribution in [3.8, 4) is 0 Å². The third-order valence-electron chi connectivity index (χ3n) is 2.86. The fourth-order valence-electron chi connectivity index (χ4n) is 1.52. The number of benzene rings is 1. The van der Waals surface area contributed by atoms with Crippen LogP contribution in [0.1, 0.15) is 44.7 Å². The molecular weight excluding hydrogens is 184 g/mol. The van der Waals surface area contributed by atoms with E-state index in [1.165, 1.54) is 11.1 Å². The van der Waals surface area contributed by atoms with Crippen LogP contribution in [0.3, 0.4) is 0 Å². The largest absolute Gasteiger partial charge is 0.393 e. The van der Waals surface area contributed by atoms with Gasteiger partial charge in [-0.3, -0.25) is 0 Å². The topological polar surface area (TPSA) is 20.2 Å². The van der Waals surface area contributed by atoms with Crippen molar-refractivity contribution in [1.82, 2.24) is 0 Å². The Labute approximate surface area is 93.1 Å². The Morgan fingerprint density at radius 1 is 1.00 bits per heavy atom. The van der Waals surface area contributed by atoms with E-state index in [4.69, 9.17) is 0 Å². The molecule has 1 N–H and O–H groups in total. The summed E-state index contributed by atoms with van der Waals surface area (Å²) in [7, 11) is 0. The maximum atomic E-state index is 9.76. The lowest BCUT2D eigenvalue weighted by molar-refractivity contribution is 0.125. The summed E-state index contributed by atoms with van der Waals surface area (Å²) in [6.07, 6.45) is 0.533. The summed E-state index contributed by atoms with van der Waals surface area (Å²) >= 11 is 0. The number of hydrogen-bond acceptors (Lipinski definition) is 1. The van der Waals surface area contributed by atoms with Gasteiger partial charge in [0, 0.05) is 0 Å². The van der Waals surface area contributed by atoms with Crippen LogP contribution >= 0.6 is 0 Å². The van der Waals surface area contributed by atoms with E-state index in [0.29, 0.717) is 11.8 Å². The number of aliphatic hydroxyl groups excluding tert-OH is 1. The first-order valence-electron chi connectivity index (χ1n) is 5.77. The van der Waals surface area contributed by atoms with Crippen molar-refractivity contribution in [2.24, 2.45) is 5.92 Å². The van der Waals surface area contributed by atoms with E-state index in [2.05, 4.69) is 38.1 Å². The van der Waals surface area contributed by atoms with E-state index >= 15 is 0 Å². The Morgan fingerprint density at radius 3 is 1.93 bits per heavy atom. The van der Waals surface area contributed by atoms with Crippen molar-refractivity contribution in [3.63, 3.8) is 0 Å². The normalized spacial score (nSPS) is 13.5. The van der Waals surface area contributed by atoms with Crippen LogP contribution in [0.4, 0.5) is 0 Å². The molecular formula is C14H22O. The van der Waals surface area contributed by atoms with Gasteiger partial charge in [0.2, 0.25) is 0 Å².